The molecule has 0 amide bonds. The van der Waals surface area contributed by atoms with Gasteiger partial charge < -0.3 is 23.7 Å². The molecule has 40 heavy (non-hydrogen) atoms. The lowest BCUT2D eigenvalue weighted by molar-refractivity contribution is -0.235. The van der Waals surface area contributed by atoms with Gasteiger partial charge in [0.05, 0.1) is 17.7 Å². The fourth-order valence-electron chi connectivity index (χ4n) is 3.71. The van der Waals surface area contributed by atoms with E-state index in [9.17, 15) is 27.6 Å². The number of nitrogens with two attached hydrogens (primary N) is 1. The zero-order valence-electron chi connectivity index (χ0n) is 21.5. The van der Waals surface area contributed by atoms with Crippen LogP contribution >= 0.6 is 34.4 Å². The molecule has 218 valence electrons. The van der Waals surface area contributed by atoms with Crippen molar-refractivity contribution >= 4 is 68.3 Å². The molecule has 1 aliphatic rings. The number of primary sulfonamides is 1. The SMILES string of the molecule is COC(=O)[C@@H]1OC(SCc2nnn(-c3ccc(S(N)(=O)=O)cc3)c2I)[C@@H](OC(C)=O)[C@H](OC(C)=O)[C@@H]1OC(C)=O. The summed E-state index contributed by atoms with van der Waals surface area (Å²) in [4.78, 5) is 48.2. The Balaban J connectivity index is 1.91. The number of aromatic nitrogens is 3. The Morgan fingerprint density at radius 1 is 1.00 bits per heavy atom. The predicted octanol–water partition coefficient (Wildman–Crippen LogP) is 0.446. The molecule has 2 heterocycles. The van der Waals surface area contributed by atoms with Gasteiger partial charge in [-0.05, 0) is 46.9 Å². The predicted molar refractivity (Wildman–Crippen MR) is 144 cm³/mol. The van der Waals surface area contributed by atoms with Gasteiger partial charge in [0.2, 0.25) is 10.0 Å². The molecule has 0 saturated carbocycles. The maximum absolute atomic E-state index is 12.6. The number of carbonyl (C=O) groups is 4. The highest BCUT2D eigenvalue weighted by atomic mass is 127. The van der Waals surface area contributed by atoms with Crippen molar-refractivity contribution < 1.29 is 51.3 Å². The van der Waals surface area contributed by atoms with Gasteiger partial charge in [-0.1, -0.05) is 5.21 Å². The summed E-state index contributed by atoms with van der Waals surface area (Å²) in [6.07, 6.45) is -5.64. The number of methoxy groups -OCH3 is 1. The molecule has 1 aromatic heterocycles. The van der Waals surface area contributed by atoms with Crippen molar-refractivity contribution in [2.75, 3.05) is 7.11 Å². The van der Waals surface area contributed by atoms with Gasteiger partial charge in [-0.3, -0.25) is 14.4 Å². The Kier molecular flexibility index (Phi) is 10.5. The lowest BCUT2D eigenvalue weighted by Crippen LogP contribution is -2.62. The number of ether oxygens (including phenoxy) is 5. The maximum Gasteiger partial charge on any atom is 0.339 e. The highest BCUT2D eigenvalue weighted by Crippen LogP contribution is 2.36. The summed E-state index contributed by atoms with van der Waals surface area (Å²) in [6, 6.07) is 5.68. The third kappa shape index (κ3) is 7.68. The molecule has 2 aromatic rings. The third-order valence-corrected chi connectivity index (χ3v) is 8.46. The van der Waals surface area contributed by atoms with E-state index in [2.05, 4.69) is 10.3 Å². The molecular weight excluding hydrogens is 687 g/mol. The zero-order chi connectivity index (χ0) is 29.8. The molecule has 1 fully saturated rings. The summed E-state index contributed by atoms with van der Waals surface area (Å²) in [6.45, 7) is 3.33. The van der Waals surface area contributed by atoms with Crippen molar-refractivity contribution in [3.63, 3.8) is 0 Å². The summed E-state index contributed by atoms with van der Waals surface area (Å²) in [5.74, 6) is -3.10. The largest absolute Gasteiger partial charge is 0.467 e. The van der Waals surface area contributed by atoms with Crippen molar-refractivity contribution in [3.8, 4) is 5.69 Å². The summed E-state index contributed by atoms with van der Waals surface area (Å²) < 4.78 is 51.8. The van der Waals surface area contributed by atoms with Gasteiger partial charge in [0, 0.05) is 26.5 Å². The van der Waals surface area contributed by atoms with Crippen LogP contribution in [0.4, 0.5) is 0 Å². The minimum atomic E-state index is -3.87. The van der Waals surface area contributed by atoms with Crippen LogP contribution in [0.5, 0.6) is 0 Å². The molecule has 1 aromatic carbocycles. The van der Waals surface area contributed by atoms with Gasteiger partial charge in [0.25, 0.3) is 0 Å². The van der Waals surface area contributed by atoms with E-state index in [0.717, 1.165) is 39.6 Å². The fraction of sp³-hybridized carbons (Fsp3) is 0.455. The highest BCUT2D eigenvalue weighted by molar-refractivity contribution is 14.1. The molecule has 0 radical (unpaired) electrons. The average Bonchev–Trinajstić information content (AvgIpc) is 3.23. The van der Waals surface area contributed by atoms with Crippen LogP contribution in [0.2, 0.25) is 0 Å². The minimum absolute atomic E-state index is 0.0670. The van der Waals surface area contributed by atoms with Crippen LogP contribution in [0.25, 0.3) is 5.69 Å². The average molecular weight is 712 g/mol. The van der Waals surface area contributed by atoms with Gasteiger partial charge >= 0.3 is 23.9 Å². The minimum Gasteiger partial charge on any atom is -0.467 e. The van der Waals surface area contributed by atoms with Crippen molar-refractivity contribution in [1.82, 2.24) is 15.0 Å². The van der Waals surface area contributed by atoms with Crippen molar-refractivity contribution in [3.05, 3.63) is 33.7 Å². The number of thioether (sulfide) groups is 1. The van der Waals surface area contributed by atoms with Crippen LogP contribution in [0.3, 0.4) is 0 Å². The molecular formula is C22H25IN4O11S2. The van der Waals surface area contributed by atoms with Crippen LogP contribution in [0, 0.1) is 3.70 Å². The van der Waals surface area contributed by atoms with Crippen LogP contribution < -0.4 is 5.14 Å². The molecule has 1 aliphatic heterocycles. The summed E-state index contributed by atoms with van der Waals surface area (Å²) in [5, 5.41) is 13.4. The highest BCUT2D eigenvalue weighted by Gasteiger charge is 2.54. The number of nitrogens with zero attached hydrogens (tertiary/aromatic N) is 3. The van der Waals surface area contributed by atoms with E-state index in [0.29, 0.717) is 15.1 Å². The number of sulfonamides is 1. The number of rotatable bonds is 9. The first kappa shape index (κ1) is 31.7. The second-order valence-electron chi connectivity index (χ2n) is 8.26. The molecule has 0 spiro atoms. The molecule has 1 saturated heterocycles. The molecule has 3 rings (SSSR count). The Bertz CT molecular complexity index is 1380. The van der Waals surface area contributed by atoms with Gasteiger partial charge in [0.15, 0.2) is 24.4 Å². The van der Waals surface area contributed by atoms with Crippen molar-refractivity contribution in [1.29, 1.82) is 0 Å². The van der Waals surface area contributed by atoms with Gasteiger partial charge in [-0.15, -0.1) is 16.9 Å². The number of hydrogen-bond donors (Lipinski definition) is 1. The van der Waals surface area contributed by atoms with E-state index in [1.54, 1.807) is 0 Å². The Morgan fingerprint density at radius 3 is 2.08 bits per heavy atom. The first-order valence-electron chi connectivity index (χ1n) is 11.3. The number of hydrogen-bond acceptors (Lipinski definition) is 14. The maximum atomic E-state index is 12.6. The topological polar surface area (TPSA) is 205 Å². The van der Waals surface area contributed by atoms with E-state index in [4.69, 9.17) is 28.8 Å². The van der Waals surface area contributed by atoms with Crippen LogP contribution in [-0.4, -0.2) is 84.3 Å². The number of benzene rings is 1. The molecule has 5 atom stereocenters. The van der Waals surface area contributed by atoms with Crippen molar-refractivity contribution in [2.24, 2.45) is 5.14 Å². The number of esters is 4. The van der Waals surface area contributed by atoms with E-state index < -0.39 is 63.8 Å². The van der Waals surface area contributed by atoms with E-state index >= 15 is 0 Å². The zero-order valence-corrected chi connectivity index (χ0v) is 25.3. The molecule has 1 unspecified atom stereocenters. The molecule has 2 N–H and O–H groups in total. The second kappa shape index (κ2) is 13.2. The lowest BCUT2D eigenvalue weighted by Gasteiger charge is -2.43. The monoisotopic (exact) mass is 712 g/mol. The number of halogens is 1. The van der Waals surface area contributed by atoms with Crippen LogP contribution in [0.15, 0.2) is 29.2 Å². The lowest BCUT2D eigenvalue weighted by atomic mass is 9.99. The quantitative estimate of drug-likeness (QED) is 0.213. The molecule has 0 aliphatic carbocycles. The molecule has 15 nitrogen and oxygen atoms in total. The Labute approximate surface area is 246 Å². The Morgan fingerprint density at radius 2 is 1.55 bits per heavy atom. The Hall–Kier alpha value is -2.81. The first-order chi connectivity index (χ1) is 18.7. The van der Waals surface area contributed by atoms with Gasteiger partial charge in [-0.25, -0.2) is 23.0 Å². The molecule has 18 heteroatoms. The fourth-order valence-corrected chi connectivity index (χ4v) is 6.27. The standard InChI is InChI=1S/C22H25IN4O11S2/c1-10(28)35-16-17(36-11(2)29)19(37-12(3)30)22(38-18(16)21(31)34-4)39-9-15-20(23)27(26-25-15)13-5-7-14(8-6-13)40(24,32)33/h5-8,16-19,22H,9H2,1-4H3,(H2,24,32,33)/t16-,17+,18+,19-,22?/m0/s1. The van der Waals surface area contributed by atoms with Crippen LogP contribution in [-0.2, 0) is 58.6 Å². The second-order valence-corrected chi connectivity index (χ2v) is 11.9. The number of carbonyl (C=O) groups excluding carboxylic acids is 4. The van der Waals surface area contributed by atoms with E-state index in [1.807, 2.05) is 22.6 Å². The van der Waals surface area contributed by atoms with Gasteiger partial charge in [-0.2, -0.15) is 0 Å². The summed E-state index contributed by atoms with van der Waals surface area (Å²) in [7, 11) is -2.76. The normalized spacial score (nSPS) is 22.7. The van der Waals surface area contributed by atoms with Crippen molar-refractivity contribution in [2.45, 2.75) is 61.3 Å². The van der Waals surface area contributed by atoms with Gasteiger partial charge in [0.1, 0.15) is 14.8 Å². The van der Waals surface area contributed by atoms with E-state index in [1.165, 1.54) is 28.9 Å². The van der Waals surface area contributed by atoms with E-state index in [-0.39, 0.29) is 10.6 Å². The smallest absolute Gasteiger partial charge is 0.339 e. The van der Waals surface area contributed by atoms with Crippen LogP contribution in [0.1, 0.15) is 26.5 Å². The first-order valence-corrected chi connectivity index (χ1v) is 15.0. The molecule has 0 bridgehead atoms. The third-order valence-electron chi connectivity index (χ3n) is 5.31. The summed E-state index contributed by atoms with van der Waals surface area (Å²) in [5.41, 5.74) is -0.122. The summed E-state index contributed by atoms with van der Waals surface area (Å²) >= 11 is 3.05.